The summed E-state index contributed by atoms with van der Waals surface area (Å²) >= 11 is 0. The van der Waals surface area contributed by atoms with E-state index in [4.69, 9.17) is 4.74 Å². The van der Waals surface area contributed by atoms with Crippen molar-refractivity contribution in [3.63, 3.8) is 0 Å². The summed E-state index contributed by atoms with van der Waals surface area (Å²) in [4.78, 5) is 0. The monoisotopic (exact) mass is 398 g/mol. The van der Waals surface area contributed by atoms with E-state index in [-0.39, 0.29) is 5.41 Å². The predicted octanol–water partition coefficient (Wildman–Crippen LogP) is 5.05. The molecule has 29 heavy (non-hydrogen) atoms. The van der Waals surface area contributed by atoms with Crippen LogP contribution in [-0.4, -0.2) is 32.5 Å². The van der Waals surface area contributed by atoms with Gasteiger partial charge in [-0.1, -0.05) is 38.5 Å². The molecule has 1 heterocycles. The molecular formula is C26H42N2O. The van der Waals surface area contributed by atoms with Gasteiger partial charge in [0, 0.05) is 17.5 Å². The van der Waals surface area contributed by atoms with E-state index in [0.717, 1.165) is 25.2 Å². The van der Waals surface area contributed by atoms with Crippen LogP contribution in [0.1, 0.15) is 72.6 Å². The zero-order valence-corrected chi connectivity index (χ0v) is 19.3. The number of allylic oxidation sites excluding steroid dienone is 4. The second-order valence-electron chi connectivity index (χ2n) is 11.7. The fraction of sp³-hybridized carbons (Fsp3) is 0.846. The Hall–Kier alpha value is -0.640. The number of fused-ring (bicyclic) bond motifs is 6. The van der Waals surface area contributed by atoms with Crippen LogP contribution >= 0.6 is 0 Å². The fourth-order valence-electron chi connectivity index (χ4n) is 8.61. The standard InChI is InChI=1S/C26H42N2O/c1-17(27-5)20-11-13-26(4)22-8-7-21-18(14-19(22)10-12-25(20,26)3)6-9-23-24(21,2)15-29-16-28-23/h10,14,17,20-23,27-28H,6-9,11-13,15-16H2,1-5H3/t17-,20-,21-,22-,23-,24-,25-,26+/m1/s1. The average Bonchev–Trinajstić information content (AvgIpc) is 2.86. The van der Waals surface area contributed by atoms with Crippen molar-refractivity contribution in [2.45, 2.75) is 84.7 Å². The molecule has 0 amide bonds. The molecule has 0 unspecified atom stereocenters. The van der Waals surface area contributed by atoms with Crippen molar-refractivity contribution in [1.29, 1.82) is 0 Å². The topological polar surface area (TPSA) is 33.3 Å². The first-order valence-corrected chi connectivity index (χ1v) is 12.2. The highest BCUT2D eigenvalue weighted by atomic mass is 16.5. The lowest BCUT2D eigenvalue weighted by atomic mass is 9.51. The minimum absolute atomic E-state index is 0.263. The van der Waals surface area contributed by atoms with E-state index in [9.17, 15) is 0 Å². The fourth-order valence-corrected chi connectivity index (χ4v) is 8.61. The number of nitrogens with one attached hydrogen (secondary N) is 2. The largest absolute Gasteiger partial charge is 0.366 e. The van der Waals surface area contributed by atoms with Crippen molar-refractivity contribution in [1.82, 2.24) is 10.6 Å². The maximum atomic E-state index is 5.95. The quantitative estimate of drug-likeness (QED) is 0.683. The maximum Gasteiger partial charge on any atom is 0.0967 e. The highest BCUT2D eigenvalue weighted by Gasteiger charge is 2.60. The van der Waals surface area contributed by atoms with Gasteiger partial charge in [0.2, 0.25) is 0 Å². The van der Waals surface area contributed by atoms with Crippen LogP contribution in [0.25, 0.3) is 0 Å². The number of hydrogen-bond acceptors (Lipinski definition) is 3. The molecule has 0 bridgehead atoms. The molecule has 0 aromatic rings. The van der Waals surface area contributed by atoms with Gasteiger partial charge in [-0.2, -0.15) is 0 Å². The molecule has 3 nitrogen and oxygen atoms in total. The number of ether oxygens (including phenoxy) is 1. The molecule has 5 aliphatic rings. The molecule has 0 aromatic heterocycles. The molecule has 162 valence electrons. The second kappa shape index (κ2) is 6.93. The Balaban J connectivity index is 1.49. The summed E-state index contributed by atoms with van der Waals surface area (Å²) in [7, 11) is 2.14. The van der Waals surface area contributed by atoms with Crippen molar-refractivity contribution in [3.05, 3.63) is 23.3 Å². The summed E-state index contributed by atoms with van der Waals surface area (Å²) < 4.78 is 5.95. The summed E-state index contributed by atoms with van der Waals surface area (Å²) in [5.74, 6) is 2.20. The van der Waals surface area contributed by atoms with Gasteiger partial charge in [-0.25, -0.2) is 0 Å². The van der Waals surface area contributed by atoms with Crippen LogP contribution in [0.4, 0.5) is 0 Å². The maximum absolute atomic E-state index is 5.95. The van der Waals surface area contributed by atoms with Gasteiger partial charge in [0.25, 0.3) is 0 Å². The third-order valence-electron chi connectivity index (χ3n) is 10.8. The van der Waals surface area contributed by atoms with Crippen molar-refractivity contribution in [2.24, 2.45) is 34.0 Å². The number of rotatable bonds is 2. The van der Waals surface area contributed by atoms with Crippen LogP contribution in [0.2, 0.25) is 0 Å². The van der Waals surface area contributed by atoms with E-state index in [1.807, 2.05) is 0 Å². The zero-order chi connectivity index (χ0) is 20.4. The number of hydrogen-bond donors (Lipinski definition) is 2. The van der Waals surface area contributed by atoms with E-state index in [0.29, 0.717) is 28.8 Å². The minimum Gasteiger partial charge on any atom is -0.366 e. The van der Waals surface area contributed by atoms with Gasteiger partial charge in [0.1, 0.15) is 0 Å². The van der Waals surface area contributed by atoms with Gasteiger partial charge in [-0.05, 0) is 93.1 Å². The van der Waals surface area contributed by atoms with Gasteiger partial charge in [0.05, 0.1) is 13.3 Å². The molecule has 1 aliphatic heterocycles. The molecule has 4 aliphatic carbocycles. The lowest BCUT2D eigenvalue weighted by Crippen LogP contribution is -2.57. The van der Waals surface area contributed by atoms with Crippen LogP contribution < -0.4 is 10.6 Å². The summed E-state index contributed by atoms with van der Waals surface area (Å²) in [5.41, 5.74) is 4.53. The van der Waals surface area contributed by atoms with Crippen LogP contribution in [-0.2, 0) is 4.74 Å². The van der Waals surface area contributed by atoms with Crippen molar-refractivity contribution in [3.8, 4) is 0 Å². The molecule has 1 saturated heterocycles. The first kappa shape index (κ1) is 20.3. The molecule has 0 aromatic carbocycles. The van der Waals surface area contributed by atoms with Gasteiger partial charge in [0.15, 0.2) is 0 Å². The lowest BCUT2D eigenvalue weighted by Gasteiger charge is -2.53. The van der Waals surface area contributed by atoms with Gasteiger partial charge in [-0.3, -0.25) is 5.32 Å². The van der Waals surface area contributed by atoms with Crippen molar-refractivity contribution >= 4 is 0 Å². The Morgan fingerprint density at radius 3 is 2.69 bits per heavy atom. The lowest BCUT2D eigenvalue weighted by molar-refractivity contribution is -0.0738. The Kier molecular flexibility index (Phi) is 4.85. The third-order valence-corrected chi connectivity index (χ3v) is 10.8. The zero-order valence-electron chi connectivity index (χ0n) is 19.3. The van der Waals surface area contributed by atoms with Crippen LogP contribution in [0.3, 0.4) is 0 Å². The predicted molar refractivity (Wildman–Crippen MR) is 120 cm³/mol. The minimum atomic E-state index is 0.263. The Morgan fingerprint density at radius 1 is 1.10 bits per heavy atom. The highest BCUT2D eigenvalue weighted by molar-refractivity contribution is 5.37. The molecule has 8 atom stereocenters. The third kappa shape index (κ3) is 2.72. The summed E-state index contributed by atoms with van der Waals surface area (Å²) in [6, 6.07) is 1.23. The van der Waals surface area contributed by atoms with E-state index in [1.165, 1.54) is 44.9 Å². The second-order valence-corrected chi connectivity index (χ2v) is 11.7. The smallest absolute Gasteiger partial charge is 0.0967 e. The molecule has 2 N–H and O–H groups in total. The van der Waals surface area contributed by atoms with E-state index < -0.39 is 0 Å². The van der Waals surface area contributed by atoms with Crippen molar-refractivity contribution in [2.75, 3.05) is 20.4 Å². The van der Waals surface area contributed by atoms with E-state index in [1.54, 1.807) is 11.1 Å². The van der Waals surface area contributed by atoms with Crippen LogP contribution in [0.5, 0.6) is 0 Å². The van der Waals surface area contributed by atoms with Gasteiger partial charge in [-0.15, -0.1) is 0 Å². The van der Waals surface area contributed by atoms with Gasteiger partial charge >= 0.3 is 0 Å². The van der Waals surface area contributed by atoms with E-state index >= 15 is 0 Å². The summed E-state index contributed by atoms with van der Waals surface area (Å²) in [6.07, 6.45) is 14.6. The normalized spacial score (nSPS) is 50.2. The van der Waals surface area contributed by atoms with Crippen LogP contribution in [0, 0.1) is 34.0 Å². The molecular weight excluding hydrogens is 356 g/mol. The molecule has 5 rings (SSSR count). The van der Waals surface area contributed by atoms with Crippen LogP contribution in [0.15, 0.2) is 23.3 Å². The first-order valence-electron chi connectivity index (χ1n) is 12.2. The van der Waals surface area contributed by atoms with E-state index in [2.05, 4.69) is 57.5 Å². The Morgan fingerprint density at radius 2 is 1.90 bits per heavy atom. The Labute approximate surface area is 178 Å². The van der Waals surface area contributed by atoms with Gasteiger partial charge < -0.3 is 10.1 Å². The molecule has 2 saturated carbocycles. The molecule has 3 fully saturated rings. The SMILES string of the molecule is CN[C@H](C)[C@H]1CC[C@@]2(C)[C@@H]3CC[C@@H]4C(=CC3=CC[C@]12C)CC[C@H]1NCOC[C@]41C. The summed E-state index contributed by atoms with van der Waals surface area (Å²) in [6.45, 7) is 11.8. The Bertz CT molecular complexity index is 728. The molecule has 3 heteroatoms. The average molecular weight is 399 g/mol. The summed E-state index contributed by atoms with van der Waals surface area (Å²) in [5, 5.41) is 7.27. The first-order chi connectivity index (χ1) is 13.8. The van der Waals surface area contributed by atoms with Crippen molar-refractivity contribution < 1.29 is 4.74 Å². The molecule has 0 spiro atoms. The molecule has 0 radical (unpaired) electrons. The highest BCUT2D eigenvalue weighted by Crippen LogP contribution is 2.67.